The molecule has 2 aliphatic rings. The van der Waals surface area contributed by atoms with Gasteiger partial charge in [0, 0.05) is 31.5 Å². The van der Waals surface area contributed by atoms with E-state index in [9.17, 15) is 4.79 Å². The summed E-state index contributed by atoms with van der Waals surface area (Å²) in [6.45, 7) is 15.9. The minimum Gasteiger partial charge on any atom is -0.487 e. The summed E-state index contributed by atoms with van der Waals surface area (Å²) >= 11 is 0. The fraction of sp³-hybridized carbons (Fsp3) is 0.667. The van der Waals surface area contributed by atoms with Gasteiger partial charge in [0.1, 0.15) is 0 Å². The van der Waals surface area contributed by atoms with Gasteiger partial charge in [-0.1, -0.05) is 0 Å². The fourth-order valence-electron chi connectivity index (χ4n) is 4.36. The lowest BCUT2D eigenvalue weighted by Gasteiger charge is -2.34. The standard InChI is InChI=1S/C24H34N2O4/c1-5-28-23(27)17-26-14-12-24(25-4,13-15-26)19-10-11-21(29-18(2)3)22(16-19)30-20-8-6-7-9-20/h10-11,16,18,20H,5-9,12-15,17H2,1-3H3. The van der Waals surface area contributed by atoms with E-state index in [4.69, 9.17) is 20.8 Å². The van der Waals surface area contributed by atoms with Crippen LogP contribution in [0, 0.1) is 6.57 Å². The van der Waals surface area contributed by atoms with Crippen LogP contribution in [0.5, 0.6) is 11.5 Å². The molecular formula is C24H34N2O4. The Bertz CT molecular complexity index is 757. The molecule has 6 nitrogen and oxygen atoms in total. The first-order valence-corrected chi connectivity index (χ1v) is 11.2. The summed E-state index contributed by atoms with van der Waals surface area (Å²) < 4.78 is 17.4. The van der Waals surface area contributed by atoms with Crippen molar-refractivity contribution in [2.24, 2.45) is 0 Å². The molecule has 0 aromatic heterocycles. The quantitative estimate of drug-likeness (QED) is 0.461. The molecular weight excluding hydrogens is 380 g/mol. The number of carbonyl (C=O) groups is 1. The Hall–Kier alpha value is -2.26. The summed E-state index contributed by atoms with van der Waals surface area (Å²) in [6, 6.07) is 5.99. The molecule has 1 heterocycles. The summed E-state index contributed by atoms with van der Waals surface area (Å²) in [7, 11) is 0. The molecule has 1 aromatic rings. The first kappa shape index (κ1) is 22.4. The maximum atomic E-state index is 11.8. The van der Waals surface area contributed by atoms with E-state index in [1.165, 1.54) is 12.8 Å². The molecule has 6 heteroatoms. The lowest BCUT2D eigenvalue weighted by atomic mass is 9.81. The van der Waals surface area contributed by atoms with E-state index in [-0.39, 0.29) is 18.2 Å². The van der Waals surface area contributed by atoms with Crippen molar-refractivity contribution in [1.29, 1.82) is 0 Å². The number of ether oxygens (including phenoxy) is 3. The molecule has 1 saturated heterocycles. The highest BCUT2D eigenvalue weighted by atomic mass is 16.5. The summed E-state index contributed by atoms with van der Waals surface area (Å²) in [5.41, 5.74) is 0.396. The maximum Gasteiger partial charge on any atom is 0.320 e. The zero-order chi connectivity index (χ0) is 21.6. The summed E-state index contributed by atoms with van der Waals surface area (Å²) in [5, 5.41) is 0. The third-order valence-electron chi connectivity index (χ3n) is 5.99. The number of rotatable bonds is 8. The van der Waals surface area contributed by atoms with Crippen molar-refractivity contribution >= 4 is 5.97 Å². The SMILES string of the molecule is [C-]#[N+]C1(c2ccc(OC(C)C)c(OC3CCCC3)c2)CCN(CC(=O)OCC)CC1. The highest BCUT2D eigenvalue weighted by Gasteiger charge is 2.43. The monoisotopic (exact) mass is 414 g/mol. The molecule has 1 aliphatic carbocycles. The minimum atomic E-state index is -0.588. The van der Waals surface area contributed by atoms with Crippen LogP contribution >= 0.6 is 0 Å². The van der Waals surface area contributed by atoms with Crippen LogP contribution in [-0.2, 0) is 15.1 Å². The molecule has 164 valence electrons. The topological polar surface area (TPSA) is 52.4 Å². The number of carbonyl (C=O) groups excluding carboxylic acids is 1. The lowest BCUT2D eigenvalue weighted by Crippen LogP contribution is -2.43. The van der Waals surface area contributed by atoms with Crippen molar-refractivity contribution in [2.45, 2.75) is 77.0 Å². The van der Waals surface area contributed by atoms with Crippen LogP contribution in [0.3, 0.4) is 0 Å². The van der Waals surface area contributed by atoms with E-state index in [1.807, 2.05) is 39.0 Å². The average molecular weight is 415 g/mol. The van der Waals surface area contributed by atoms with Gasteiger partial charge in [0.2, 0.25) is 0 Å². The van der Waals surface area contributed by atoms with Crippen molar-refractivity contribution in [3.63, 3.8) is 0 Å². The predicted octanol–water partition coefficient (Wildman–Crippen LogP) is 4.57. The number of nitrogens with zero attached hydrogens (tertiary/aromatic N) is 2. The second-order valence-electron chi connectivity index (χ2n) is 8.58. The fourth-order valence-corrected chi connectivity index (χ4v) is 4.36. The highest BCUT2D eigenvalue weighted by Crippen LogP contribution is 2.42. The molecule has 0 amide bonds. The first-order chi connectivity index (χ1) is 14.5. The van der Waals surface area contributed by atoms with E-state index in [2.05, 4.69) is 9.74 Å². The van der Waals surface area contributed by atoms with Crippen molar-refractivity contribution in [2.75, 3.05) is 26.2 Å². The first-order valence-electron chi connectivity index (χ1n) is 11.2. The van der Waals surface area contributed by atoms with Crippen molar-refractivity contribution in [3.05, 3.63) is 35.2 Å². The Labute approximate surface area is 180 Å². The average Bonchev–Trinajstić information content (AvgIpc) is 3.23. The molecule has 0 spiro atoms. The Kier molecular flexibility index (Phi) is 7.60. The van der Waals surface area contributed by atoms with E-state index in [0.717, 1.165) is 29.9 Å². The molecule has 0 radical (unpaired) electrons. The zero-order valence-electron chi connectivity index (χ0n) is 18.5. The molecule has 2 fully saturated rings. The van der Waals surface area contributed by atoms with Crippen LogP contribution in [0.15, 0.2) is 18.2 Å². The Balaban J connectivity index is 1.77. The van der Waals surface area contributed by atoms with Gasteiger partial charge < -0.3 is 19.1 Å². The van der Waals surface area contributed by atoms with Gasteiger partial charge in [-0.05, 0) is 64.7 Å². The molecule has 1 saturated carbocycles. The Morgan fingerprint density at radius 2 is 1.93 bits per heavy atom. The van der Waals surface area contributed by atoms with Gasteiger partial charge in [-0.25, -0.2) is 6.57 Å². The van der Waals surface area contributed by atoms with Gasteiger partial charge in [0.05, 0.1) is 25.4 Å². The molecule has 30 heavy (non-hydrogen) atoms. The van der Waals surface area contributed by atoms with E-state index in [0.29, 0.717) is 39.1 Å². The summed E-state index contributed by atoms with van der Waals surface area (Å²) in [6.07, 6.45) is 6.20. The molecule has 1 aromatic carbocycles. The molecule has 0 atom stereocenters. The lowest BCUT2D eigenvalue weighted by molar-refractivity contribution is -0.144. The largest absolute Gasteiger partial charge is 0.487 e. The van der Waals surface area contributed by atoms with Crippen LogP contribution in [0.1, 0.15) is 64.9 Å². The van der Waals surface area contributed by atoms with Crippen molar-refractivity contribution < 1.29 is 19.0 Å². The zero-order valence-corrected chi connectivity index (χ0v) is 18.5. The number of benzene rings is 1. The number of hydrogen-bond acceptors (Lipinski definition) is 5. The Morgan fingerprint density at radius 1 is 1.23 bits per heavy atom. The van der Waals surface area contributed by atoms with E-state index in [1.54, 1.807) is 0 Å². The molecule has 1 aliphatic heterocycles. The second kappa shape index (κ2) is 10.2. The van der Waals surface area contributed by atoms with Crippen LogP contribution in [0.4, 0.5) is 0 Å². The Morgan fingerprint density at radius 3 is 2.53 bits per heavy atom. The van der Waals surface area contributed by atoms with Gasteiger partial charge in [0.25, 0.3) is 5.54 Å². The van der Waals surface area contributed by atoms with Gasteiger partial charge >= 0.3 is 5.97 Å². The highest BCUT2D eigenvalue weighted by molar-refractivity contribution is 5.71. The normalized spacial score (nSPS) is 19.4. The molecule has 0 unspecified atom stereocenters. The number of piperidine rings is 1. The molecule has 3 rings (SSSR count). The van der Waals surface area contributed by atoms with Gasteiger partial charge in [-0.2, -0.15) is 0 Å². The minimum absolute atomic E-state index is 0.0581. The van der Waals surface area contributed by atoms with Gasteiger partial charge in [-0.3, -0.25) is 9.69 Å². The maximum absolute atomic E-state index is 11.8. The van der Waals surface area contributed by atoms with E-state index < -0.39 is 5.54 Å². The molecule has 0 N–H and O–H groups in total. The summed E-state index contributed by atoms with van der Waals surface area (Å²) in [5.74, 6) is 1.31. The van der Waals surface area contributed by atoms with E-state index >= 15 is 0 Å². The van der Waals surface area contributed by atoms with Crippen LogP contribution < -0.4 is 9.47 Å². The third-order valence-corrected chi connectivity index (χ3v) is 5.99. The third kappa shape index (κ3) is 5.46. The van der Waals surface area contributed by atoms with Gasteiger partial charge in [-0.15, -0.1) is 0 Å². The van der Waals surface area contributed by atoms with Crippen LogP contribution in [-0.4, -0.2) is 49.3 Å². The van der Waals surface area contributed by atoms with Crippen molar-refractivity contribution in [3.8, 4) is 11.5 Å². The van der Waals surface area contributed by atoms with Crippen molar-refractivity contribution in [1.82, 2.24) is 4.90 Å². The smallest absolute Gasteiger partial charge is 0.320 e. The second-order valence-corrected chi connectivity index (χ2v) is 8.58. The number of likely N-dealkylation sites (tertiary alicyclic amines) is 1. The van der Waals surface area contributed by atoms with Crippen LogP contribution in [0.25, 0.3) is 4.85 Å². The number of hydrogen-bond donors (Lipinski definition) is 0. The predicted molar refractivity (Wildman–Crippen MR) is 116 cm³/mol. The van der Waals surface area contributed by atoms with Gasteiger partial charge in [0.15, 0.2) is 11.5 Å². The summed E-state index contributed by atoms with van der Waals surface area (Å²) in [4.78, 5) is 17.9. The van der Waals surface area contributed by atoms with Crippen LogP contribution in [0.2, 0.25) is 0 Å². The molecule has 0 bridgehead atoms. The number of esters is 1.